The summed E-state index contributed by atoms with van der Waals surface area (Å²) in [5, 5.41) is 2.18. The molecule has 14 heteroatoms. The Morgan fingerprint density at radius 2 is 1.07 bits per heavy atom. The normalized spacial score (nSPS) is 16.6. The number of hydrogen-bond donors (Lipinski definition) is 1. The molecule has 0 rings (SSSR count). The molecule has 0 saturated heterocycles. The molecule has 1 nitrogen and oxygen atoms in total. The third-order valence-electron chi connectivity index (χ3n) is 3.65. The molecule has 0 bridgehead atoms. The molecule has 1 unspecified atom stereocenters. The predicted octanol–water partition coefficient (Wildman–Crippen LogP) is 5.89. The van der Waals surface area contributed by atoms with E-state index in [0.29, 0.717) is 12.8 Å². The molecule has 0 amide bonds. The van der Waals surface area contributed by atoms with Crippen LogP contribution in [0.1, 0.15) is 33.1 Å². The van der Waals surface area contributed by atoms with Gasteiger partial charge in [-0.2, -0.15) is 57.1 Å². The summed E-state index contributed by atoms with van der Waals surface area (Å²) in [6, 6.07) is -0.559. The number of hydrogen-bond acceptors (Lipinski definition) is 1. The van der Waals surface area contributed by atoms with Crippen LogP contribution in [-0.4, -0.2) is 48.4 Å². The van der Waals surface area contributed by atoms with Crippen LogP contribution in [0.2, 0.25) is 0 Å². The standard InChI is InChI=1S/C13H16F13N/c1-3-4-7(2)27-6-5-8(14,15)9(16,17)10(18,19)11(20,21)12(22,23)13(24,25)26/h7,27H,3-6H2,1-2H3. The van der Waals surface area contributed by atoms with Crippen molar-refractivity contribution in [1.82, 2.24) is 5.32 Å². The van der Waals surface area contributed by atoms with Gasteiger partial charge in [0, 0.05) is 19.0 Å². The van der Waals surface area contributed by atoms with Crippen molar-refractivity contribution in [3.63, 3.8) is 0 Å². The lowest BCUT2D eigenvalue weighted by Gasteiger charge is -2.39. The number of rotatable bonds is 10. The van der Waals surface area contributed by atoms with Gasteiger partial charge in [0.05, 0.1) is 0 Å². The Morgan fingerprint density at radius 1 is 0.667 bits per heavy atom. The van der Waals surface area contributed by atoms with Gasteiger partial charge in [0.15, 0.2) is 0 Å². The van der Waals surface area contributed by atoms with E-state index in [9.17, 15) is 57.1 Å². The van der Waals surface area contributed by atoms with E-state index in [1.54, 1.807) is 6.92 Å². The lowest BCUT2D eigenvalue weighted by Crippen LogP contribution is -2.70. The zero-order chi connectivity index (χ0) is 22.1. The minimum absolute atomic E-state index is 0.341. The molecule has 0 aliphatic rings. The van der Waals surface area contributed by atoms with Crippen molar-refractivity contribution in [2.24, 2.45) is 0 Å². The summed E-state index contributed by atoms with van der Waals surface area (Å²) < 4.78 is 167. The number of nitrogens with one attached hydrogen (secondary N) is 1. The Bertz CT molecular complexity index is 483. The van der Waals surface area contributed by atoms with E-state index in [2.05, 4.69) is 5.32 Å². The average Bonchev–Trinajstić information content (AvgIpc) is 2.45. The van der Waals surface area contributed by atoms with Crippen LogP contribution in [0.15, 0.2) is 0 Å². The van der Waals surface area contributed by atoms with E-state index in [0.717, 1.165) is 0 Å². The van der Waals surface area contributed by atoms with Crippen LogP contribution in [0.3, 0.4) is 0 Å². The Kier molecular flexibility index (Phi) is 7.54. The smallest absolute Gasteiger partial charge is 0.314 e. The third-order valence-corrected chi connectivity index (χ3v) is 3.65. The van der Waals surface area contributed by atoms with Gasteiger partial charge in [0.2, 0.25) is 0 Å². The topological polar surface area (TPSA) is 12.0 Å². The van der Waals surface area contributed by atoms with E-state index in [-0.39, 0.29) is 0 Å². The van der Waals surface area contributed by atoms with Gasteiger partial charge in [-0.3, -0.25) is 0 Å². The van der Waals surface area contributed by atoms with Crippen LogP contribution in [-0.2, 0) is 0 Å². The quantitative estimate of drug-likeness (QED) is 0.424. The van der Waals surface area contributed by atoms with Crippen LogP contribution in [0.25, 0.3) is 0 Å². The fourth-order valence-electron chi connectivity index (χ4n) is 1.97. The minimum Gasteiger partial charge on any atom is -0.314 e. The maximum Gasteiger partial charge on any atom is 0.460 e. The molecule has 0 heterocycles. The molecule has 0 aromatic carbocycles. The van der Waals surface area contributed by atoms with Crippen LogP contribution < -0.4 is 5.32 Å². The second-order valence-corrected chi connectivity index (χ2v) is 5.89. The van der Waals surface area contributed by atoms with E-state index in [1.807, 2.05) is 0 Å². The van der Waals surface area contributed by atoms with Crippen LogP contribution in [0, 0.1) is 0 Å². The van der Waals surface area contributed by atoms with Crippen molar-refractivity contribution in [2.45, 2.75) is 74.9 Å². The highest BCUT2D eigenvalue weighted by Crippen LogP contribution is 2.60. The molecular formula is C13H16F13N. The highest BCUT2D eigenvalue weighted by molar-refractivity contribution is 5.10. The zero-order valence-electron chi connectivity index (χ0n) is 13.8. The zero-order valence-corrected chi connectivity index (χ0v) is 13.8. The largest absolute Gasteiger partial charge is 0.460 e. The van der Waals surface area contributed by atoms with Gasteiger partial charge < -0.3 is 5.32 Å². The lowest BCUT2D eigenvalue weighted by atomic mass is 9.92. The van der Waals surface area contributed by atoms with Crippen molar-refractivity contribution in [1.29, 1.82) is 0 Å². The molecule has 27 heavy (non-hydrogen) atoms. The van der Waals surface area contributed by atoms with Crippen LogP contribution >= 0.6 is 0 Å². The second kappa shape index (κ2) is 7.82. The average molecular weight is 433 g/mol. The van der Waals surface area contributed by atoms with E-state index < -0.39 is 54.8 Å². The molecule has 0 aromatic rings. The van der Waals surface area contributed by atoms with Crippen LogP contribution in [0.4, 0.5) is 57.1 Å². The van der Waals surface area contributed by atoms with Crippen molar-refractivity contribution < 1.29 is 57.1 Å². The van der Waals surface area contributed by atoms with Crippen molar-refractivity contribution in [2.75, 3.05) is 6.54 Å². The lowest BCUT2D eigenvalue weighted by molar-refractivity contribution is -0.440. The summed E-state index contributed by atoms with van der Waals surface area (Å²) in [5.41, 5.74) is 0. The van der Waals surface area contributed by atoms with Crippen LogP contribution in [0.5, 0.6) is 0 Å². The first-order valence-electron chi connectivity index (χ1n) is 7.40. The van der Waals surface area contributed by atoms with Gasteiger partial charge in [-0.1, -0.05) is 13.3 Å². The van der Waals surface area contributed by atoms with Crippen molar-refractivity contribution in [3.05, 3.63) is 0 Å². The molecule has 0 aromatic heterocycles. The number of halogens is 13. The Labute approximate surface area is 145 Å². The van der Waals surface area contributed by atoms with Crippen molar-refractivity contribution in [3.8, 4) is 0 Å². The van der Waals surface area contributed by atoms with E-state index in [1.165, 1.54) is 6.92 Å². The summed E-state index contributed by atoms with van der Waals surface area (Å²) in [7, 11) is 0. The SMILES string of the molecule is CCCC(C)NCCC(F)(F)C(F)(F)C(F)(F)C(F)(F)C(F)(F)C(F)(F)F. The second-order valence-electron chi connectivity index (χ2n) is 5.89. The first-order chi connectivity index (χ1) is 11.7. The van der Waals surface area contributed by atoms with Gasteiger partial charge in [0.25, 0.3) is 0 Å². The molecule has 0 fully saturated rings. The summed E-state index contributed by atoms with van der Waals surface area (Å²) in [5.74, 6) is -36.4. The molecule has 1 atom stereocenters. The van der Waals surface area contributed by atoms with Gasteiger partial charge in [-0.05, 0) is 13.3 Å². The molecule has 164 valence electrons. The fraction of sp³-hybridized carbons (Fsp3) is 1.00. The van der Waals surface area contributed by atoms with Crippen molar-refractivity contribution >= 4 is 0 Å². The van der Waals surface area contributed by atoms with Gasteiger partial charge >= 0.3 is 35.8 Å². The highest BCUT2D eigenvalue weighted by atomic mass is 19.4. The molecule has 0 spiro atoms. The third kappa shape index (κ3) is 4.56. The molecule has 0 aliphatic carbocycles. The number of alkyl halides is 13. The Balaban J connectivity index is 5.68. The van der Waals surface area contributed by atoms with E-state index >= 15 is 0 Å². The predicted molar refractivity (Wildman–Crippen MR) is 67.8 cm³/mol. The van der Waals surface area contributed by atoms with E-state index in [4.69, 9.17) is 0 Å². The molecule has 1 N–H and O–H groups in total. The molecular weight excluding hydrogens is 417 g/mol. The first kappa shape index (κ1) is 26.1. The maximum atomic E-state index is 13.4. The maximum absolute atomic E-state index is 13.4. The molecule has 0 saturated carbocycles. The Morgan fingerprint density at radius 3 is 1.44 bits per heavy atom. The summed E-state index contributed by atoms with van der Waals surface area (Å²) in [6.07, 6.45) is -8.74. The fourth-order valence-corrected chi connectivity index (χ4v) is 1.97. The Hall–Kier alpha value is -0.950. The van der Waals surface area contributed by atoms with Gasteiger partial charge in [0.1, 0.15) is 0 Å². The first-order valence-corrected chi connectivity index (χ1v) is 7.40. The van der Waals surface area contributed by atoms with Gasteiger partial charge in [-0.15, -0.1) is 0 Å². The summed E-state index contributed by atoms with van der Waals surface area (Å²) >= 11 is 0. The van der Waals surface area contributed by atoms with Gasteiger partial charge in [-0.25, -0.2) is 0 Å². The highest BCUT2D eigenvalue weighted by Gasteiger charge is 2.90. The molecule has 0 radical (unpaired) electrons. The summed E-state index contributed by atoms with van der Waals surface area (Å²) in [6.45, 7) is 1.94. The summed E-state index contributed by atoms with van der Waals surface area (Å²) in [4.78, 5) is 0. The monoisotopic (exact) mass is 433 g/mol. The minimum atomic E-state index is -7.84. The molecule has 0 aliphatic heterocycles.